The molecule has 0 spiro atoms. The van der Waals surface area contributed by atoms with Gasteiger partial charge in [-0.2, -0.15) is 0 Å². The molecule has 0 saturated heterocycles. The van der Waals surface area contributed by atoms with Crippen LogP contribution in [0.25, 0.3) is 0 Å². The molecule has 0 heterocycles. The van der Waals surface area contributed by atoms with Gasteiger partial charge in [-0.15, -0.1) is 0 Å². The van der Waals surface area contributed by atoms with Crippen molar-refractivity contribution in [1.29, 1.82) is 0 Å². The van der Waals surface area contributed by atoms with Crippen LogP contribution in [0.15, 0.2) is 29.2 Å². The van der Waals surface area contributed by atoms with E-state index in [2.05, 4.69) is 0 Å². The van der Waals surface area contributed by atoms with Gasteiger partial charge in [-0.25, -0.2) is 8.42 Å². The number of nitrogens with two attached hydrogens (primary N) is 1. The predicted octanol–water partition coefficient (Wildman–Crippen LogP) is 1.39. The number of benzene rings is 1. The van der Waals surface area contributed by atoms with Crippen molar-refractivity contribution in [3.05, 3.63) is 24.3 Å². The first-order valence-electron chi connectivity index (χ1n) is 5.03. The van der Waals surface area contributed by atoms with E-state index in [1.165, 1.54) is 12.1 Å². The second kappa shape index (κ2) is 5.46. The van der Waals surface area contributed by atoms with Gasteiger partial charge in [0, 0.05) is 12.2 Å². The lowest BCUT2D eigenvalue weighted by molar-refractivity contribution is 0.293. The molecule has 0 bridgehead atoms. The highest BCUT2D eigenvalue weighted by Gasteiger charge is 2.09. The van der Waals surface area contributed by atoms with E-state index in [0.717, 1.165) is 6.26 Å². The summed E-state index contributed by atoms with van der Waals surface area (Å²) in [5.74, 6) is 0.447. The van der Waals surface area contributed by atoms with Gasteiger partial charge in [0.2, 0.25) is 0 Å². The lowest BCUT2D eigenvalue weighted by Gasteiger charge is -2.12. The van der Waals surface area contributed by atoms with Crippen LogP contribution in [0.5, 0.6) is 5.75 Å². The number of thiocarbonyl (C=S) groups is 1. The minimum absolute atomic E-state index is 0.0492. The molecule has 1 aromatic carbocycles. The van der Waals surface area contributed by atoms with E-state index in [-0.39, 0.29) is 10.8 Å². The summed E-state index contributed by atoms with van der Waals surface area (Å²) in [5, 5.41) is 0. The van der Waals surface area contributed by atoms with E-state index < -0.39 is 9.84 Å². The van der Waals surface area contributed by atoms with E-state index in [9.17, 15) is 8.42 Å². The van der Waals surface area contributed by atoms with Gasteiger partial charge in [-0.3, -0.25) is 0 Å². The third kappa shape index (κ3) is 4.32. The molecule has 1 unspecified atom stereocenters. The van der Waals surface area contributed by atoms with Crippen molar-refractivity contribution in [2.24, 2.45) is 11.7 Å². The molecular weight excluding hydrogens is 258 g/mol. The van der Waals surface area contributed by atoms with Crippen LogP contribution in [-0.4, -0.2) is 26.3 Å². The van der Waals surface area contributed by atoms with E-state index >= 15 is 0 Å². The van der Waals surface area contributed by atoms with E-state index in [1.807, 2.05) is 6.92 Å². The number of rotatable bonds is 5. The summed E-state index contributed by atoms with van der Waals surface area (Å²) in [6.45, 7) is 2.19. The Morgan fingerprint density at radius 2 is 2.18 bits per heavy atom. The third-order valence-corrected chi connectivity index (χ3v) is 3.73. The fourth-order valence-corrected chi connectivity index (χ4v) is 1.82. The Hall–Kier alpha value is -1.14. The number of ether oxygens (including phenoxy) is 1. The molecule has 0 aliphatic heterocycles. The highest BCUT2D eigenvalue weighted by Crippen LogP contribution is 2.17. The predicted molar refractivity (Wildman–Crippen MR) is 71.0 cm³/mol. The monoisotopic (exact) mass is 273 g/mol. The van der Waals surface area contributed by atoms with Gasteiger partial charge in [-0.1, -0.05) is 25.2 Å². The van der Waals surface area contributed by atoms with Crippen LogP contribution in [0.3, 0.4) is 0 Å². The molecule has 0 aliphatic rings. The maximum absolute atomic E-state index is 11.3. The Balaban J connectivity index is 2.77. The Morgan fingerprint density at radius 3 is 2.71 bits per heavy atom. The van der Waals surface area contributed by atoms with E-state index in [4.69, 9.17) is 22.7 Å². The van der Waals surface area contributed by atoms with Crippen molar-refractivity contribution in [2.45, 2.75) is 11.8 Å². The van der Waals surface area contributed by atoms with Crippen LogP contribution in [-0.2, 0) is 9.84 Å². The molecule has 0 radical (unpaired) electrons. The molecule has 1 atom stereocenters. The highest BCUT2D eigenvalue weighted by molar-refractivity contribution is 7.90. The summed E-state index contributed by atoms with van der Waals surface area (Å²) in [6, 6.07) is 6.35. The highest BCUT2D eigenvalue weighted by atomic mass is 32.2. The van der Waals surface area contributed by atoms with Gasteiger partial charge >= 0.3 is 0 Å². The Kier molecular flexibility index (Phi) is 4.47. The molecular formula is C11H15NO3S2. The van der Waals surface area contributed by atoms with Crippen LogP contribution >= 0.6 is 12.2 Å². The smallest absolute Gasteiger partial charge is 0.175 e. The minimum Gasteiger partial charge on any atom is -0.493 e. The van der Waals surface area contributed by atoms with Gasteiger partial charge < -0.3 is 10.5 Å². The van der Waals surface area contributed by atoms with Crippen molar-refractivity contribution >= 4 is 27.0 Å². The molecule has 17 heavy (non-hydrogen) atoms. The van der Waals surface area contributed by atoms with Crippen LogP contribution in [0, 0.1) is 5.92 Å². The van der Waals surface area contributed by atoms with Gasteiger partial charge in [0.05, 0.1) is 16.5 Å². The number of hydrogen-bond acceptors (Lipinski definition) is 4. The summed E-state index contributed by atoms with van der Waals surface area (Å²) in [6.07, 6.45) is 1.16. The fourth-order valence-electron chi connectivity index (χ4n) is 1.10. The molecule has 6 heteroatoms. The average Bonchev–Trinajstić information content (AvgIpc) is 2.25. The third-order valence-electron chi connectivity index (χ3n) is 2.22. The molecule has 0 amide bonds. The summed E-state index contributed by atoms with van der Waals surface area (Å²) < 4.78 is 28.1. The first kappa shape index (κ1) is 13.9. The summed E-state index contributed by atoms with van der Waals surface area (Å²) in [5.41, 5.74) is 5.45. The lowest BCUT2D eigenvalue weighted by Crippen LogP contribution is -2.24. The summed E-state index contributed by atoms with van der Waals surface area (Å²) in [4.78, 5) is 0.613. The normalized spacial score (nSPS) is 13.1. The molecule has 4 nitrogen and oxygen atoms in total. The zero-order chi connectivity index (χ0) is 13.1. The van der Waals surface area contributed by atoms with Gasteiger partial charge in [0.25, 0.3) is 0 Å². The maximum Gasteiger partial charge on any atom is 0.175 e. The second-order valence-electron chi connectivity index (χ2n) is 3.86. The molecule has 0 aliphatic carbocycles. The van der Waals surface area contributed by atoms with Crippen molar-refractivity contribution in [3.63, 3.8) is 0 Å². The molecule has 0 aromatic heterocycles. The average molecular weight is 273 g/mol. The number of hydrogen-bond donors (Lipinski definition) is 1. The first-order chi connectivity index (χ1) is 7.80. The molecule has 0 fully saturated rings. The van der Waals surface area contributed by atoms with Crippen molar-refractivity contribution in [1.82, 2.24) is 0 Å². The molecule has 2 N–H and O–H groups in total. The van der Waals surface area contributed by atoms with Gasteiger partial charge in [-0.05, 0) is 18.2 Å². The van der Waals surface area contributed by atoms with E-state index in [0.29, 0.717) is 17.3 Å². The van der Waals surface area contributed by atoms with Crippen LogP contribution in [0.1, 0.15) is 6.92 Å². The lowest BCUT2D eigenvalue weighted by atomic mass is 10.2. The minimum atomic E-state index is -3.21. The maximum atomic E-state index is 11.3. The molecule has 1 rings (SSSR count). The zero-order valence-corrected chi connectivity index (χ0v) is 11.3. The molecule has 1 aromatic rings. The van der Waals surface area contributed by atoms with Crippen LogP contribution in [0.2, 0.25) is 0 Å². The van der Waals surface area contributed by atoms with Gasteiger partial charge in [0.15, 0.2) is 9.84 Å². The standard InChI is InChI=1S/C11H15NO3S2/c1-8(11(12)16)7-15-9-4-3-5-10(6-9)17(2,13)14/h3-6,8H,7H2,1-2H3,(H2,12,16). The van der Waals surface area contributed by atoms with Crippen LogP contribution < -0.4 is 10.5 Å². The zero-order valence-electron chi connectivity index (χ0n) is 9.71. The fraction of sp³-hybridized carbons (Fsp3) is 0.364. The Morgan fingerprint density at radius 1 is 1.53 bits per heavy atom. The topological polar surface area (TPSA) is 69.4 Å². The summed E-state index contributed by atoms with van der Waals surface area (Å²) in [7, 11) is -3.21. The Bertz CT molecular complexity index is 511. The summed E-state index contributed by atoms with van der Waals surface area (Å²) >= 11 is 4.82. The molecule has 94 valence electrons. The largest absolute Gasteiger partial charge is 0.493 e. The Labute approximate surface area is 107 Å². The van der Waals surface area contributed by atoms with E-state index in [1.54, 1.807) is 12.1 Å². The number of sulfone groups is 1. The molecule has 0 saturated carbocycles. The van der Waals surface area contributed by atoms with Crippen LogP contribution in [0.4, 0.5) is 0 Å². The SMILES string of the molecule is CC(COc1cccc(S(C)(=O)=O)c1)C(N)=S. The van der Waals surface area contributed by atoms with Crippen molar-refractivity contribution in [2.75, 3.05) is 12.9 Å². The first-order valence-corrected chi connectivity index (χ1v) is 7.33. The van der Waals surface area contributed by atoms with Gasteiger partial charge in [0.1, 0.15) is 5.75 Å². The second-order valence-corrected chi connectivity index (χ2v) is 6.35. The quantitative estimate of drug-likeness (QED) is 0.821. The van der Waals surface area contributed by atoms with Crippen molar-refractivity contribution < 1.29 is 13.2 Å². The van der Waals surface area contributed by atoms with Crippen molar-refractivity contribution in [3.8, 4) is 5.75 Å².